The Balaban J connectivity index is 2.13. The fourth-order valence-electron chi connectivity index (χ4n) is 2.52. The highest BCUT2D eigenvalue weighted by Crippen LogP contribution is 2.22. The smallest absolute Gasteiger partial charge is 0.245 e. The zero-order valence-corrected chi connectivity index (χ0v) is 16.9. The molecule has 0 fully saturated rings. The first-order chi connectivity index (χ1) is 12.7. The van der Waals surface area contributed by atoms with Crippen LogP contribution in [0.15, 0.2) is 48.5 Å². The van der Waals surface area contributed by atoms with E-state index < -0.39 is 15.9 Å². The first-order valence-corrected chi connectivity index (χ1v) is 10.7. The van der Waals surface area contributed by atoms with Crippen LogP contribution in [0.25, 0.3) is 0 Å². The Hall–Kier alpha value is -2.54. The molecule has 7 heteroatoms. The molecule has 6 nitrogen and oxygen atoms in total. The third-order valence-corrected chi connectivity index (χ3v) is 4.97. The van der Waals surface area contributed by atoms with Crippen molar-refractivity contribution in [3.8, 4) is 5.75 Å². The van der Waals surface area contributed by atoms with Gasteiger partial charge in [-0.3, -0.25) is 9.10 Å². The molecule has 0 spiro atoms. The molecule has 146 valence electrons. The lowest BCUT2D eigenvalue weighted by atomic mass is 10.1. The highest BCUT2D eigenvalue weighted by molar-refractivity contribution is 7.92. The van der Waals surface area contributed by atoms with Gasteiger partial charge in [-0.05, 0) is 62.2 Å². The lowest BCUT2D eigenvalue weighted by molar-refractivity contribution is -0.114. The van der Waals surface area contributed by atoms with Gasteiger partial charge >= 0.3 is 0 Å². The summed E-state index contributed by atoms with van der Waals surface area (Å²) in [5.74, 6) is 0.231. The number of carbonyl (C=O) groups is 1. The van der Waals surface area contributed by atoms with E-state index in [2.05, 4.69) is 12.2 Å². The van der Waals surface area contributed by atoms with Gasteiger partial charge in [0.1, 0.15) is 12.3 Å². The third kappa shape index (κ3) is 6.29. The molecule has 0 radical (unpaired) electrons. The summed E-state index contributed by atoms with van der Waals surface area (Å²) in [6, 6.07) is 14.1. The molecule has 0 aliphatic rings. The fraction of sp³-hybridized carbons (Fsp3) is 0.350. The minimum absolute atomic E-state index is 0.0201. The Morgan fingerprint density at radius 1 is 1.07 bits per heavy atom. The number of amides is 1. The van der Waals surface area contributed by atoms with Crippen molar-refractivity contribution in [3.05, 3.63) is 54.1 Å². The predicted molar refractivity (Wildman–Crippen MR) is 109 cm³/mol. The van der Waals surface area contributed by atoms with Gasteiger partial charge in [-0.15, -0.1) is 0 Å². The summed E-state index contributed by atoms with van der Waals surface area (Å²) in [6.45, 7) is 5.57. The van der Waals surface area contributed by atoms with Gasteiger partial charge in [0.15, 0.2) is 0 Å². The Morgan fingerprint density at radius 3 is 2.15 bits per heavy atom. The van der Waals surface area contributed by atoms with Crippen molar-refractivity contribution in [2.75, 3.05) is 22.4 Å². The summed E-state index contributed by atoms with van der Waals surface area (Å²) in [5.41, 5.74) is 2.20. The van der Waals surface area contributed by atoms with Crippen LogP contribution in [-0.4, -0.2) is 33.2 Å². The quantitative estimate of drug-likeness (QED) is 0.749. The Labute approximate surface area is 161 Å². The van der Waals surface area contributed by atoms with Crippen LogP contribution in [0.4, 0.5) is 11.4 Å². The molecule has 2 aromatic rings. The summed E-state index contributed by atoms with van der Waals surface area (Å²) >= 11 is 0. The Morgan fingerprint density at radius 2 is 1.67 bits per heavy atom. The summed E-state index contributed by atoms with van der Waals surface area (Å²) < 4.78 is 31.0. The van der Waals surface area contributed by atoms with Crippen molar-refractivity contribution in [2.45, 2.75) is 33.3 Å². The number of anilines is 2. The van der Waals surface area contributed by atoms with Crippen LogP contribution in [0.5, 0.6) is 5.75 Å². The topological polar surface area (TPSA) is 75.7 Å². The van der Waals surface area contributed by atoms with E-state index in [-0.39, 0.29) is 12.6 Å². The molecule has 0 aromatic heterocycles. The monoisotopic (exact) mass is 390 g/mol. The van der Waals surface area contributed by atoms with Crippen molar-refractivity contribution in [2.24, 2.45) is 0 Å². The summed E-state index contributed by atoms with van der Waals surface area (Å²) in [7, 11) is -3.62. The number of nitrogens with zero attached hydrogens (tertiary/aromatic N) is 1. The second-order valence-electron chi connectivity index (χ2n) is 6.53. The molecule has 0 aliphatic heterocycles. The van der Waals surface area contributed by atoms with E-state index in [1.165, 1.54) is 0 Å². The molecule has 27 heavy (non-hydrogen) atoms. The maximum Gasteiger partial charge on any atom is 0.245 e. The molecule has 2 aromatic carbocycles. The number of nitrogens with one attached hydrogen (secondary N) is 1. The molecule has 0 aliphatic carbocycles. The standard InChI is InChI=1S/C20H26N2O4S/c1-5-16-6-8-17(9-7-16)21-20(23)14-22(27(4,24)25)18-10-12-19(13-11-18)26-15(2)3/h6-13,15H,5,14H2,1-4H3,(H,21,23). The zero-order valence-electron chi connectivity index (χ0n) is 16.1. The van der Waals surface area contributed by atoms with Crippen molar-refractivity contribution in [1.29, 1.82) is 0 Å². The molecule has 0 bridgehead atoms. The van der Waals surface area contributed by atoms with Crippen LogP contribution in [-0.2, 0) is 21.2 Å². The highest BCUT2D eigenvalue weighted by Gasteiger charge is 2.21. The number of aryl methyl sites for hydroxylation is 1. The number of rotatable bonds is 8. The maximum atomic E-state index is 12.4. The van der Waals surface area contributed by atoms with Gasteiger partial charge in [-0.25, -0.2) is 8.42 Å². The van der Waals surface area contributed by atoms with Gasteiger partial charge < -0.3 is 10.1 Å². The molecule has 1 N–H and O–H groups in total. The van der Waals surface area contributed by atoms with E-state index in [9.17, 15) is 13.2 Å². The van der Waals surface area contributed by atoms with Crippen LogP contribution in [0, 0.1) is 0 Å². The largest absolute Gasteiger partial charge is 0.491 e. The molecule has 1 amide bonds. The van der Waals surface area contributed by atoms with Crippen LogP contribution in [0.3, 0.4) is 0 Å². The SMILES string of the molecule is CCc1ccc(NC(=O)CN(c2ccc(OC(C)C)cc2)S(C)(=O)=O)cc1. The van der Waals surface area contributed by atoms with Crippen LogP contribution >= 0.6 is 0 Å². The van der Waals surface area contributed by atoms with Gasteiger partial charge in [0, 0.05) is 5.69 Å². The number of carbonyl (C=O) groups excluding carboxylic acids is 1. The predicted octanol–water partition coefficient (Wildman–Crippen LogP) is 3.44. The Bertz CT molecular complexity index is 860. The van der Waals surface area contributed by atoms with E-state index in [4.69, 9.17) is 4.74 Å². The van der Waals surface area contributed by atoms with Crippen LogP contribution < -0.4 is 14.4 Å². The molecule has 0 heterocycles. The second kappa shape index (κ2) is 8.90. The first-order valence-electron chi connectivity index (χ1n) is 8.82. The number of hydrogen-bond acceptors (Lipinski definition) is 4. The lowest BCUT2D eigenvalue weighted by Crippen LogP contribution is -2.37. The van der Waals surface area contributed by atoms with E-state index in [0.717, 1.165) is 22.5 Å². The van der Waals surface area contributed by atoms with E-state index in [1.807, 2.05) is 26.0 Å². The number of sulfonamides is 1. The second-order valence-corrected chi connectivity index (χ2v) is 8.44. The first kappa shape index (κ1) is 20.8. The number of hydrogen-bond donors (Lipinski definition) is 1. The van der Waals surface area contributed by atoms with Gasteiger partial charge in [0.25, 0.3) is 0 Å². The van der Waals surface area contributed by atoms with Gasteiger partial charge in [0.05, 0.1) is 18.0 Å². The molecule has 0 atom stereocenters. The van der Waals surface area contributed by atoms with E-state index >= 15 is 0 Å². The van der Waals surface area contributed by atoms with Crippen molar-refractivity contribution in [3.63, 3.8) is 0 Å². The number of benzene rings is 2. The van der Waals surface area contributed by atoms with Crippen molar-refractivity contribution >= 4 is 27.3 Å². The van der Waals surface area contributed by atoms with Crippen molar-refractivity contribution in [1.82, 2.24) is 0 Å². The molecule has 0 saturated heterocycles. The molecular formula is C20H26N2O4S. The summed E-state index contributed by atoms with van der Waals surface area (Å²) in [6.07, 6.45) is 2.01. The van der Waals surface area contributed by atoms with Crippen molar-refractivity contribution < 1.29 is 17.9 Å². The van der Waals surface area contributed by atoms with Crippen LogP contribution in [0.1, 0.15) is 26.3 Å². The minimum atomic E-state index is -3.62. The Kier molecular flexibility index (Phi) is 6.85. The minimum Gasteiger partial charge on any atom is -0.491 e. The summed E-state index contributed by atoms with van der Waals surface area (Å²) in [5, 5.41) is 2.73. The summed E-state index contributed by atoms with van der Waals surface area (Å²) in [4.78, 5) is 12.4. The maximum absolute atomic E-state index is 12.4. The van der Waals surface area contributed by atoms with Crippen LogP contribution in [0.2, 0.25) is 0 Å². The van der Waals surface area contributed by atoms with E-state index in [1.54, 1.807) is 36.4 Å². The average molecular weight is 391 g/mol. The average Bonchev–Trinajstić information content (AvgIpc) is 2.60. The normalized spacial score (nSPS) is 11.3. The van der Waals surface area contributed by atoms with Gasteiger partial charge in [-0.1, -0.05) is 19.1 Å². The fourth-order valence-corrected chi connectivity index (χ4v) is 3.37. The van der Waals surface area contributed by atoms with Gasteiger partial charge in [0.2, 0.25) is 15.9 Å². The molecule has 0 saturated carbocycles. The molecule has 0 unspecified atom stereocenters. The van der Waals surface area contributed by atoms with E-state index in [0.29, 0.717) is 17.1 Å². The zero-order chi connectivity index (χ0) is 20.0. The molecule has 2 rings (SSSR count). The third-order valence-electron chi connectivity index (χ3n) is 3.83. The number of ether oxygens (including phenoxy) is 1. The highest BCUT2D eigenvalue weighted by atomic mass is 32.2. The lowest BCUT2D eigenvalue weighted by Gasteiger charge is -2.22. The molecular weight excluding hydrogens is 364 g/mol. The van der Waals surface area contributed by atoms with Gasteiger partial charge in [-0.2, -0.15) is 0 Å².